The molecule has 1 N–H and O–H groups in total. The standard InChI is InChI=1S/C17H17F2NO/c1-2-20-17(13-8-7-11(18)9-15(13)19)14-10-21-16-6-4-3-5-12(14)16/h3-9,14,17,20H,2,10H2,1H3. The number of hydrogen-bond donors (Lipinski definition) is 1. The zero-order valence-corrected chi connectivity index (χ0v) is 11.8. The van der Waals surface area contributed by atoms with E-state index in [9.17, 15) is 8.78 Å². The Morgan fingerprint density at radius 3 is 2.81 bits per heavy atom. The predicted molar refractivity (Wildman–Crippen MR) is 77.5 cm³/mol. The first-order valence-electron chi connectivity index (χ1n) is 7.10. The van der Waals surface area contributed by atoms with Crippen molar-refractivity contribution in [3.8, 4) is 5.75 Å². The number of hydrogen-bond acceptors (Lipinski definition) is 2. The highest BCUT2D eigenvalue weighted by atomic mass is 19.1. The molecule has 4 heteroatoms. The molecular formula is C17H17F2NO. The van der Waals surface area contributed by atoms with Gasteiger partial charge in [-0.25, -0.2) is 8.78 Å². The molecule has 1 heterocycles. The van der Waals surface area contributed by atoms with Crippen LogP contribution in [-0.4, -0.2) is 13.2 Å². The van der Waals surface area contributed by atoms with E-state index in [2.05, 4.69) is 5.32 Å². The van der Waals surface area contributed by atoms with Gasteiger partial charge in [0.25, 0.3) is 0 Å². The molecule has 0 amide bonds. The lowest BCUT2D eigenvalue weighted by Crippen LogP contribution is -2.28. The van der Waals surface area contributed by atoms with Gasteiger partial charge in [-0.15, -0.1) is 0 Å². The Morgan fingerprint density at radius 1 is 1.24 bits per heavy atom. The number of nitrogens with one attached hydrogen (secondary N) is 1. The van der Waals surface area contributed by atoms with E-state index in [4.69, 9.17) is 4.74 Å². The van der Waals surface area contributed by atoms with Gasteiger partial charge in [-0.05, 0) is 18.7 Å². The zero-order valence-electron chi connectivity index (χ0n) is 11.8. The Hall–Kier alpha value is -1.94. The van der Waals surface area contributed by atoms with E-state index in [0.717, 1.165) is 17.4 Å². The minimum atomic E-state index is -0.561. The minimum absolute atomic E-state index is 0.0149. The molecule has 0 saturated heterocycles. The number of benzene rings is 2. The predicted octanol–water partition coefficient (Wildman–Crippen LogP) is 3.79. The van der Waals surface area contributed by atoms with Crippen LogP contribution in [0.1, 0.15) is 30.0 Å². The van der Waals surface area contributed by atoms with Gasteiger partial charge in [0.2, 0.25) is 0 Å². The second-order valence-electron chi connectivity index (χ2n) is 5.16. The van der Waals surface area contributed by atoms with Crippen molar-refractivity contribution in [2.75, 3.05) is 13.2 Å². The van der Waals surface area contributed by atoms with E-state index in [1.54, 1.807) is 0 Å². The van der Waals surface area contributed by atoms with Crippen LogP contribution in [0.5, 0.6) is 5.75 Å². The van der Waals surface area contributed by atoms with E-state index >= 15 is 0 Å². The molecule has 2 nitrogen and oxygen atoms in total. The molecule has 0 spiro atoms. The molecular weight excluding hydrogens is 272 g/mol. The van der Waals surface area contributed by atoms with E-state index in [1.165, 1.54) is 12.1 Å². The highest BCUT2D eigenvalue weighted by Crippen LogP contribution is 2.41. The third-order valence-corrected chi connectivity index (χ3v) is 3.86. The van der Waals surface area contributed by atoms with Crippen LogP contribution >= 0.6 is 0 Å². The molecule has 2 atom stereocenters. The third-order valence-electron chi connectivity index (χ3n) is 3.86. The number of likely N-dealkylation sites (N-methyl/N-ethyl adjacent to an activating group) is 1. The molecule has 21 heavy (non-hydrogen) atoms. The maximum atomic E-state index is 14.1. The van der Waals surface area contributed by atoms with Crippen LogP contribution in [-0.2, 0) is 0 Å². The van der Waals surface area contributed by atoms with Gasteiger partial charge in [-0.3, -0.25) is 0 Å². The summed E-state index contributed by atoms with van der Waals surface area (Å²) in [5.74, 6) is -0.228. The summed E-state index contributed by atoms with van der Waals surface area (Å²) in [6.07, 6.45) is 0. The molecule has 2 aromatic rings. The molecule has 110 valence electrons. The highest BCUT2D eigenvalue weighted by molar-refractivity contribution is 5.42. The first-order chi connectivity index (χ1) is 10.2. The molecule has 0 aromatic heterocycles. The Morgan fingerprint density at radius 2 is 2.05 bits per heavy atom. The lowest BCUT2D eigenvalue weighted by molar-refractivity contribution is 0.298. The van der Waals surface area contributed by atoms with Crippen molar-refractivity contribution < 1.29 is 13.5 Å². The Balaban J connectivity index is 1.99. The van der Waals surface area contributed by atoms with Gasteiger partial charge in [-0.2, -0.15) is 0 Å². The van der Waals surface area contributed by atoms with Crippen LogP contribution < -0.4 is 10.1 Å². The molecule has 0 aliphatic carbocycles. The number of halogens is 2. The Bertz CT molecular complexity index is 644. The number of fused-ring (bicyclic) bond motifs is 1. The molecule has 0 bridgehead atoms. The topological polar surface area (TPSA) is 21.3 Å². The second kappa shape index (κ2) is 5.82. The molecule has 0 fully saturated rings. The van der Waals surface area contributed by atoms with Gasteiger partial charge in [-0.1, -0.05) is 31.2 Å². The summed E-state index contributed by atoms with van der Waals surface area (Å²) in [4.78, 5) is 0. The molecule has 2 unspecified atom stereocenters. The molecule has 1 aliphatic heterocycles. The van der Waals surface area contributed by atoms with E-state index in [0.29, 0.717) is 18.7 Å². The Labute approximate surface area is 122 Å². The lowest BCUT2D eigenvalue weighted by atomic mass is 9.88. The summed E-state index contributed by atoms with van der Waals surface area (Å²) in [7, 11) is 0. The van der Waals surface area contributed by atoms with Gasteiger partial charge >= 0.3 is 0 Å². The van der Waals surface area contributed by atoms with Crippen molar-refractivity contribution in [2.45, 2.75) is 18.9 Å². The van der Waals surface area contributed by atoms with E-state index < -0.39 is 11.6 Å². The normalized spacial score (nSPS) is 18.1. The Kier molecular flexibility index (Phi) is 3.88. The summed E-state index contributed by atoms with van der Waals surface area (Å²) in [6, 6.07) is 11.3. The second-order valence-corrected chi connectivity index (χ2v) is 5.16. The smallest absolute Gasteiger partial charge is 0.130 e. The highest BCUT2D eigenvalue weighted by Gasteiger charge is 2.33. The van der Waals surface area contributed by atoms with Crippen LogP contribution in [0.15, 0.2) is 42.5 Å². The van der Waals surface area contributed by atoms with Gasteiger partial charge in [0.1, 0.15) is 17.4 Å². The molecule has 2 aromatic carbocycles. The maximum absolute atomic E-state index is 14.1. The van der Waals surface area contributed by atoms with Gasteiger partial charge < -0.3 is 10.1 Å². The van der Waals surface area contributed by atoms with Crippen molar-refractivity contribution in [3.05, 3.63) is 65.2 Å². The largest absolute Gasteiger partial charge is 0.493 e. The maximum Gasteiger partial charge on any atom is 0.130 e. The first-order valence-corrected chi connectivity index (χ1v) is 7.10. The van der Waals surface area contributed by atoms with Crippen LogP contribution in [0.2, 0.25) is 0 Å². The van der Waals surface area contributed by atoms with Crippen molar-refractivity contribution in [3.63, 3.8) is 0 Å². The molecule has 0 saturated carbocycles. The zero-order chi connectivity index (χ0) is 14.8. The monoisotopic (exact) mass is 289 g/mol. The fourth-order valence-electron chi connectivity index (χ4n) is 2.91. The van der Waals surface area contributed by atoms with Crippen molar-refractivity contribution in [2.24, 2.45) is 0 Å². The summed E-state index contributed by atoms with van der Waals surface area (Å²) in [5, 5.41) is 3.30. The summed E-state index contributed by atoms with van der Waals surface area (Å²) < 4.78 is 32.9. The lowest BCUT2D eigenvalue weighted by Gasteiger charge is -2.24. The molecule has 3 rings (SSSR count). The quantitative estimate of drug-likeness (QED) is 0.924. The average Bonchev–Trinajstić information content (AvgIpc) is 2.89. The summed E-state index contributed by atoms with van der Waals surface area (Å²) >= 11 is 0. The van der Waals surface area contributed by atoms with Gasteiger partial charge in [0.15, 0.2) is 0 Å². The fraction of sp³-hybridized carbons (Fsp3) is 0.294. The number of rotatable bonds is 4. The van der Waals surface area contributed by atoms with Crippen LogP contribution in [0.3, 0.4) is 0 Å². The minimum Gasteiger partial charge on any atom is -0.493 e. The number of para-hydroxylation sites is 1. The first kappa shape index (κ1) is 14.0. The summed E-state index contributed by atoms with van der Waals surface area (Å²) in [6.45, 7) is 3.16. The van der Waals surface area contributed by atoms with Crippen LogP contribution in [0.4, 0.5) is 8.78 Å². The van der Waals surface area contributed by atoms with Crippen LogP contribution in [0.25, 0.3) is 0 Å². The van der Waals surface area contributed by atoms with Crippen molar-refractivity contribution in [1.82, 2.24) is 5.32 Å². The van der Waals surface area contributed by atoms with Crippen molar-refractivity contribution in [1.29, 1.82) is 0 Å². The molecule has 0 radical (unpaired) electrons. The fourth-order valence-corrected chi connectivity index (χ4v) is 2.91. The van der Waals surface area contributed by atoms with E-state index in [-0.39, 0.29) is 12.0 Å². The summed E-state index contributed by atoms with van der Waals surface area (Å²) in [5.41, 5.74) is 1.54. The van der Waals surface area contributed by atoms with E-state index in [1.807, 2.05) is 31.2 Å². The van der Waals surface area contributed by atoms with Gasteiger partial charge in [0.05, 0.1) is 6.61 Å². The SMILES string of the molecule is CCNC(c1ccc(F)cc1F)C1COc2ccccc21. The average molecular weight is 289 g/mol. The molecule has 1 aliphatic rings. The van der Waals surface area contributed by atoms with Crippen LogP contribution in [0, 0.1) is 11.6 Å². The third kappa shape index (κ3) is 2.63. The van der Waals surface area contributed by atoms with Gasteiger partial charge in [0, 0.05) is 29.2 Å². The number of ether oxygens (including phenoxy) is 1. The van der Waals surface area contributed by atoms with Crippen molar-refractivity contribution >= 4 is 0 Å².